The lowest BCUT2D eigenvalue weighted by Crippen LogP contribution is -2.36. The molecule has 1 aromatic carbocycles. The number of carbonyl (C=O) groups is 1. The van der Waals surface area contributed by atoms with E-state index < -0.39 is 0 Å². The SMILES string of the molecule is O=C(Cc1ccon1)N1CCCCC[C@H]1c1noc(-c2ccccc2)n1. The van der Waals surface area contributed by atoms with Gasteiger partial charge in [-0.15, -0.1) is 0 Å². The van der Waals surface area contributed by atoms with E-state index in [4.69, 9.17) is 9.05 Å². The first kappa shape index (κ1) is 16.5. The Balaban J connectivity index is 1.57. The van der Waals surface area contributed by atoms with Crippen molar-refractivity contribution in [3.05, 3.63) is 54.2 Å². The Kier molecular flexibility index (Phi) is 4.77. The van der Waals surface area contributed by atoms with Gasteiger partial charge in [-0.3, -0.25) is 4.79 Å². The minimum Gasteiger partial charge on any atom is -0.364 e. The molecule has 0 unspecified atom stereocenters. The van der Waals surface area contributed by atoms with E-state index >= 15 is 0 Å². The lowest BCUT2D eigenvalue weighted by Gasteiger charge is -2.27. The summed E-state index contributed by atoms with van der Waals surface area (Å²) in [6, 6.07) is 11.2. The second-order valence-corrected chi connectivity index (χ2v) is 6.44. The maximum absolute atomic E-state index is 12.8. The van der Waals surface area contributed by atoms with E-state index in [1.807, 2.05) is 35.2 Å². The molecule has 1 amide bonds. The summed E-state index contributed by atoms with van der Waals surface area (Å²) in [5.41, 5.74) is 1.51. The van der Waals surface area contributed by atoms with Gasteiger partial charge in [0.1, 0.15) is 6.26 Å². The van der Waals surface area contributed by atoms with Crippen LogP contribution in [0.15, 0.2) is 51.7 Å². The fourth-order valence-electron chi connectivity index (χ4n) is 3.33. The van der Waals surface area contributed by atoms with Crippen molar-refractivity contribution in [3.8, 4) is 11.5 Å². The Morgan fingerprint density at radius 3 is 2.81 bits per heavy atom. The van der Waals surface area contributed by atoms with E-state index in [9.17, 15) is 4.79 Å². The lowest BCUT2D eigenvalue weighted by atomic mass is 10.1. The Bertz CT molecular complexity index is 845. The zero-order valence-electron chi connectivity index (χ0n) is 14.4. The first-order chi connectivity index (χ1) is 12.8. The number of nitrogens with zero attached hydrogens (tertiary/aromatic N) is 4. The van der Waals surface area contributed by atoms with Crippen molar-refractivity contribution in [1.82, 2.24) is 20.2 Å². The van der Waals surface area contributed by atoms with E-state index in [2.05, 4.69) is 15.3 Å². The van der Waals surface area contributed by atoms with Gasteiger partial charge in [0.05, 0.1) is 18.2 Å². The number of hydrogen-bond donors (Lipinski definition) is 0. The molecule has 0 bridgehead atoms. The van der Waals surface area contributed by atoms with Gasteiger partial charge < -0.3 is 13.9 Å². The highest BCUT2D eigenvalue weighted by Gasteiger charge is 2.30. The predicted octanol–water partition coefficient (Wildman–Crippen LogP) is 3.41. The number of hydrogen-bond acceptors (Lipinski definition) is 6. The van der Waals surface area contributed by atoms with Gasteiger partial charge in [-0.05, 0) is 25.0 Å². The van der Waals surface area contributed by atoms with E-state index in [-0.39, 0.29) is 18.4 Å². The van der Waals surface area contributed by atoms with E-state index in [1.165, 1.54) is 6.26 Å². The van der Waals surface area contributed by atoms with Gasteiger partial charge in [0.25, 0.3) is 5.89 Å². The fraction of sp³-hybridized carbons (Fsp3) is 0.368. The predicted molar refractivity (Wildman–Crippen MR) is 92.9 cm³/mol. The van der Waals surface area contributed by atoms with Crippen molar-refractivity contribution < 1.29 is 13.8 Å². The first-order valence-corrected chi connectivity index (χ1v) is 8.89. The molecule has 134 valence electrons. The Labute approximate surface area is 151 Å². The molecular formula is C19H20N4O3. The highest BCUT2D eigenvalue weighted by molar-refractivity contribution is 5.78. The molecule has 2 aromatic heterocycles. The molecule has 1 fully saturated rings. The van der Waals surface area contributed by atoms with Crippen LogP contribution in [0.4, 0.5) is 0 Å². The summed E-state index contributed by atoms with van der Waals surface area (Å²) in [7, 11) is 0. The maximum atomic E-state index is 12.8. The molecule has 0 N–H and O–H groups in total. The van der Waals surface area contributed by atoms with Crippen LogP contribution in [-0.4, -0.2) is 32.6 Å². The minimum atomic E-state index is -0.168. The summed E-state index contributed by atoms with van der Waals surface area (Å²) in [5, 5.41) is 8.02. The summed E-state index contributed by atoms with van der Waals surface area (Å²) >= 11 is 0. The third kappa shape index (κ3) is 3.51. The molecule has 0 saturated carbocycles. The van der Waals surface area contributed by atoms with Crippen LogP contribution in [0, 0.1) is 0 Å². The lowest BCUT2D eigenvalue weighted by molar-refractivity contribution is -0.133. The molecule has 1 aliphatic rings. The minimum absolute atomic E-state index is 0.0110. The van der Waals surface area contributed by atoms with Crippen molar-refractivity contribution >= 4 is 5.91 Å². The molecule has 0 spiro atoms. The molecule has 7 nitrogen and oxygen atoms in total. The monoisotopic (exact) mass is 352 g/mol. The first-order valence-electron chi connectivity index (χ1n) is 8.89. The number of amides is 1. The molecule has 7 heteroatoms. The second kappa shape index (κ2) is 7.51. The van der Waals surface area contributed by atoms with Gasteiger partial charge in [0, 0.05) is 18.2 Å². The summed E-state index contributed by atoms with van der Waals surface area (Å²) < 4.78 is 10.3. The third-order valence-corrected chi connectivity index (χ3v) is 4.66. The molecule has 26 heavy (non-hydrogen) atoms. The van der Waals surface area contributed by atoms with Crippen LogP contribution in [-0.2, 0) is 11.2 Å². The van der Waals surface area contributed by atoms with Gasteiger partial charge in [0.15, 0.2) is 5.82 Å². The van der Waals surface area contributed by atoms with Crippen LogP contribution >= 0.6 is 0 Å². The maximum Gasteiger partial charge on any atom is 0.257 e. The molecule has 3 heterocycles. The quantitative estimate of drug-likeness (QED) is 0.715. The van der Waals surface area contributed by atoms with Crippen LogP contribution in [0.3, 0.4) is 0 Å². The number of carbonyl (C=O) groups excluding carboxylic acids is 1. The highest BCUT2D eigenvalue weighted by Crippen LogP contribution is 2.30. The van der Waals surface area contributed by atoms with Gasteiger partial charge in [-0.2, -0.15) is 4.98 Å². The van der Waals surface area contributed by atoms with E-state index in [0.717, 1.165) is 31.2 Å². The fourth-order valence-corrected chi connectivity index (χ4v) is 3.33. The van der Waals surface area contributed by atoms with Crippen molar-refractivity contribution in [1.29, 1.82) is 0 Å². The summed E-state index contributed by atoms with van der Waals surface area (Å²) in [4.78, 5) is 19.3. The number of benzene rings is 1. The normalized spacial score (nSPS) is 17.8. The van der Waals surface area contributed by atoms with Gasteiger partial charge >= 0.3 is 0 Å². The van der Waals surface area contributed by atoms with E-state index in [0.29, 0.717) is 24.0 Å². The average Bonchev–Trinajstić information content (AvgIpc) is 3.30. The molecule has 1 aliphatic heterocycles. The summed E-state index contributed by atoms with van der Waals surface area (Å²) in [6.07, 6.45) is 5.63. The topological polar surface area (TPSA) is 85.3 Å². The van der Waals surface area contributed by atoms with Crippen LogP contribution < -0.4 is 0 Å². The highest BCUT2D eigenvalue weighted by atomic mass is 16.5. The van der Waals surface area contributed by atoms with Crippen LogP contribution in [0.25, 0.3) is 11.5 Å². The van der Waals surface area contributed by atoms with Crippen LogP contribution in [0.5, 0.6) is 0 Å². The van der Waals surface area contributed by atoms with Gasteiger partial charge in [-0.1, -0.05) is 41.4 Å². The zero-order valence-corrected chi connectivity index (χ0v) is 14.4. The summed E-state index contributed by atoms with van der Waals surface area (Å²) in [5.74, 6) is 1.06. The van der Waals surface area contributed by atoms with Crippen molar-refractivity contribution in [2.24, 2.45) is 0 Å². The Hall–Kier alpha value is -2.96. The van der Waals surface area contributed by atoms with Crippen molar-refractivity contribution in [2.45, 2.75) is 38.1 Å². The molecule has 4 rings (SSSR count). The zero-order chi connectivity index (χ0) is 17.8. The number of likely N-dealkylation sites (tertiary alicyclic amines) is 1. The molecule has 0 aliphatic carbocycles. The van der Waals surface area contributed by atoms with Crippen LogP contribution in [0.2, 0.25) is 0 Å². The Morgan fingerprint density at radius 2 is 2.00 bits per heavy atom. The van der Waals surface area contributed by atoms with Crippen molar-refractivity contribution in [2.75, 3.05) is 6.54 Å². The van der Waals surface area contributed by atoms with Gasteiger partial charge in [0.2, 0.25) is 5.91 Å². The van der Waals surface area contributed by atoms with Crippen molar-refractivity contribution in [3.63, 3.8) is 0 Å². The average molecular weight is 352 g/mol. The smallest absolute Gasteiger partial charge is 0.257 e. The molecule has 3 aromatic rings. The van der Waals surface area contributed by atoms with E-state index in [1.54, 1.807) is 6.07 Å². The number of rotatable bonds is 4. The largest absolute Gasteiger partial charge is 0.364 e. The second-order valence-electron chi connectivity index (χ2n) is 6.44. The summed E-state index contributed by atoms with van der Waals surface area (Å²) in [6.45, 7) is 0.691. The third-order valence-electron chi connectivity index (χ3n) is 4.66. The standard InChI is InChI=1S/C19H20N4O3/c24-17(13-15-10-12-25-21-15)23-11-6-2-5-9-16(23)18-20-19(26-22-18)14-7-3-1-4-8-14/h1,3-4,7-8,10,12,16H,2,5-6,9,11,13H2/t16-/m0/s1. The van der Waals surface area contributed by atoms with Crippen LogP contribution in [0.1, 0.15) is 43.2 Å². The Morgan fingerprint density at radius 1 is 1.12 bits per heavy atom. The molecule has 1 saturated heterocycles. The molecular weight excluding hydrogens is 332 g/mol. The molecule has 1 atom stereocenters. The molecule has 0 radical (unpaired) electrons. The number of aromatic nitrogens is 3. The van der Waals surface area contributed by atoms with Gasteiger partial charge in [-0.25, -0.2) is 0 Å².